The van der Waals surface area contributed by atoms with Crippen LogP contribution in [0, 0.1) is 0 Å². The van der Waals surface area contributed by atoms with Gasteiger partial charge in [-0.05, 0) is 24.6 Å². The summed E-state index contributed by atoms with van der Waals surface area (Å²) in [5.74, 6) is 0.502. The van der Waals surface area contributed by atoms with Gasteiger partial charge in [0.05, 0.1) is 31.9 Å². The number of rotatable bonds is 8. The summed E-state index contributed by atoms with van der Waals surface area (Å²) in [5.41, 5.74) is 1.92. The van der Waals surface area contributed by atoms with Crippen LogP contribution in [0.4, 0.5) is 5.69 Å². The highest BCUT2D eigenvalue weighted by Crippen LogP contribution is 2.24. The molecule has 0 spiro atoms. The number of benzene rings is 2. The lowest BCUT2D eigenvalue weighted by molar-refractivity contribution is -0.143. The molecule has 1 N–H and O–H groups in total. The molecule has 0 aliphatic carbocycles. The van der Waals surface area contributed by atoms with E-state index >= 15 is 0 Å². The van der Waals surface area contributed by atoms with Gasteiger partial charge in [-0.2, -0.15) is 0 Å². The van der Waals surface area contributed by atoms with Crippen LogP contribution in [0.2, 0.25) is 0 Å². The highest BCUT2D eigenvalue weighted by atomic mass is 16.5. The molecular formula is C20H23NO3. The van der Waals surface area contributed by atoms with Crippen LogP contribution in [-0.4, -0.2) is 25.7 Å². The smallest absolute Gasteiger partial charge is 0.308 e. The molecule has 0 fully saturated rings. The summed E-state index contributed by atoms with van der Waals surface area (Å²) < 4.78 is 10.4. The molecule has 24 heavy (non-hydrogen) atoms. The van der Waals surface area contributed by atoms with E-state index in [2.05, 4.69) is 5.32 Å². The van der Waals surface area contributed by atoms with E-state index in [0.29, 0.717) is 6.61 Å². The number of anilines is 1. The van der Waals surface area contributed by atoms with Gasteiger partial charge in [-0.25, -0.2) is 0 Å². The van der Waals surface area contributed by atoms with Crippen LogP contribution in [0.25, 0.3) is 6.08 Å². The molecule has 2 aromatic rings. The van der Waals surface area contributed by atoms with E-state index in [-0.39, 0.29) is 18.4 Å². The number of hydrogen-bond acceptors (Lipinski definition) is 4. The molecule has 0 radical (unpaired) electrons. The molecule has 4 nitrogen and oxygen atoms in total. The molecule has 1 atom stereocenters. The van der Waals surface area contributed by atoms with E-state index in [9.17, 15) is 4.79 Å². The molecule has 126 valence electrons. The first-order chi connectivity index (χ1) is 11.7. The zero-order valence-corrected chi connectivity index (χ0v) is 14.1. The minimum atomic E-state index is -0.234. The van der Waals surface area contributed by atoms with Crippen molar-refractivity contribution >= 4 is 17.7 Å². The van der Waals surface area contributed by atoms with E-state index in [1.54, 1.807) is 14.0 Å². The molecule has 0 saturated heterocycles. The zero-order chi connectivity index (χ0) is 17.2. The third-order valence-electron chi connectivity index (χ3n) is 3.46. The van der Waals surface area contributed by atoms with E-state index in [0.717, 1.165) is 17.0 Å². The van der Waals surface area contributed by atoms with Gasteiger partial charge in [-0.1, -0.05) is 54.6 Å². The van der Waals surface area contributed by atoms with Gasteiger partial charge in [0.15, 0.2) is 0 Å². The van der Waals surface area contributed by atoms with Crippen molar-refractivity contribution in [2.24, 2.45) is 0 Å². The number of carbonyl (C=O) groups is 1. The van der Waals surface area contributed by atoms with Crippen LogP contribution in [0.15, 0.2) is 60.7 Å². The summed E-state index contributed by atoms with van der Waals surface area (Å²) in [4.78, 5) is 11.9. The maximum atomic E-state index is 11.9. The topological polar surface area (TPSA) is 47.6 Å². The largest absolute Gasteiger partial charge is 0.495 e. The van der Waals surface area contributed by atoms with E-state index in [1.807, 2.05) is 66.7 Å². The van der Waals surface area contributed by atoms with Gasteiger partial charge in [0.1, 0.15) is 5.75 Å². The summed E-state index contributed by atoms with van der Waals surface area (Å²) in [7, 11) is 1.63. The lowest BCUT2D eigenvalue weighted by Crippen LogP contribution is -2.22. The molecule has 4 heteroatoms. The summed E-state index contributed by atoms with van der Waals surface area (Å²) in [5, 5.41) is 3.35. The average Bonchev–Trinajstić information content (AvgIpc) is 2.61. The SMILES string of the molecule is CCOC(=O)C[C@H](/C=C/c1ccccc1)Nc1ccccc1OC. The number of nitrogens with one attached hydrogen (secondary N) is 1. The van der Waals surface area contributed by atoms with Crippen LogP contribution in [0.5, 0.6) is 5.75 Å². The van der Waals surface area contributed by atoms with Crippen molar-refractivity contribution in [1.82, 2.24) is 0 Å². The lowest BCUT2D eigenvalue weighted by Gasteiger charge is -2.18. The predicted octanol–water partition coefficient (Wildman–Crippen LogP) is 4.14. The van der Waals surface area contributed by atoms with Crippen molar-refractivity contribution in [3.63, 3.8) is 0 Å². The van der Waals surface area contributed by atoms with E-state index in [4.69, 9.17) is 9.47 Å². The highest BCUT2D eigenvalue weighted by Gasteiger charge is 2.13. The quantitative estimate of drug-likeness (QED) is 0.741. The maximum absolute atomic E-state index is 11.9. The van der Waals surface area contributed by atoms with Crippen molar-refractivity contribution in [2.75, 3.05) is 19.0 Å². The van der Waals surface area contributed by atoms with Crippen molar-refractivity contribution in [2.45, 2.75) is 19.4 Å². The number of carbonyl (C=O) groups excluding carboxylic acids is 1. The lowest BCUT2D eigenvalue weighted by atomic mass is 10.1. The Kier molecular flexibility index (Phi) is 6.90. The number of methoxy groups -OCH3 is 1. The molecule has 0 heterocycles. The van der Waals surface area contributed by atoms with Crippen LogP contribution in [-0.2, 0) is 9.53 Å². The molecular weight excluding hydrogens is 302 g/mol. The molecule has 2 aromatic carbocycles. The monoisotopic (exact) mass is 325 g/mol. The highest BCUT2D eigenvalue weighted by molar-refractivity contribution is 5.72. The van der Waals surface area contributed by atoms with Crippen molar-refractivity contribution < 1.29 is 14.3 Å². The first-order valence-electron chi connectivity index (χ1n) is 8.01. The number of esters is 1. The van der Waals surface area contributed by atoms with Crippen molar-refractivity contribution in [3.8, 4) is 5.75 Å². The fourth-order valence-electron chi connectivity index (χ4n) is 2.32. The number of ether oxygens (including phenoxy) is 2. The Bertz CT molecular complexity index is 668. The van der Waals surface area contributed by atoms with Gasteiger partial charge < -0.3 is 14.8 Å². The first-order valence-corrected chi connectivity index (χ1v) is 8.01. The molecule has 0 saturated carbocycles. The molecule has 0 amide bonds. The zero-order valence-electron chi connectivity index (χ0n) is 14.1. The van der Waals surface area contributed by atoms with Gasteiger partial charge in [0.25, 0.3) is 0 Å². The summed E-state index contributed by atoms with van der Waals surface area (Å²) >= 11 is 0. The van der Waals surface area contributed by atoms with Crippen LogP contribution >= 0.6 is 0 Å². The summed E-state index contributed by atoms with van der Waals surface area (Å²) in [6.45, 7) is 2.18. The van der Waals surface area contributed by atoms with E-state index in [1.165, 1.54) is 0 Å². The Hall–Kier alpha value is -2.75. The van der Waals surface area contributed by atoms with Gasteiger partial charge in [0, 0.05) is 0 Å². The molecule has 0 aliphatic rings. The van der Waals surface area contributed by atoms with Crippen molar-refractivity contribution in [1.29, 1.82) is 0 Å². The Morgan fingerprint density at radius 3 is 2.54 bits per heavy atom. The second-order valence-corrected chi connectivity index (χ2v) is 5.23. The second kappa shape index (κ2) is 9.40. The van der Waals surface area contributed by atoms with Gasteiger partial charge in [0.2, 0.25) is 0 Å². The Labute approximate surface area is 143 Å². The summed E-state index contributed by atoms with van der Waals surface area (Å²) in [6.07, 6.45) is 4.21. The molecule has 0 bridgehead atoms. The Balaban J connectivity index is 2.15. The normalized spacial score (nSPS) is 11.9. The Morgan fingerprint density at radius 1 is 1.12 bits per heavy atom. The van der Waals surface area contributed by atoms with Crippen LogP contribution in [0.1, 0.15) is 18.9 Å². The fraction of sp³-hybridized carbons (Fsp3) is 0.250. The minimum Gasteiger partial charge on any atom is -0.495 e. The van der Waals surface area contributed by atoms with Gasteiger partial charge in [-0.15, -0.1) is 0 Å². The second-order valence-electron chi connectivity index (χ2n) is 5.23. The Morgan fingerprint density at radius 2 is 1.83 bits per heavy atom. The fourth-order valence-corrected chi connectivity index (χ4v) is 2.32. The molecule has 0 unspecified atom stereocenters. The third-order valence-corrected chi connectivity index (χ3v) is 3.46. The van der Waals surface area contributed by atoms with Gasteiger partial charge >= 0.3 is 5.97 Å². The third kappa shape index (κ3) is 5.47. The number of hydrogen-bond donors (Lipinski definition) is 1. The summed E-state index contributed by atoms with van der Waals surface area (Å²) in [6, 6.07) is 17.4. The maximum Gasteiger partial charge on any atom is 0.308 e. The molecule has 0 aromatic heterocycles. The molecule has 2 rings (SSSR count). The minimum absolute atomic E-state index is 0.194. The standard InChI is InChI=1S/C20H23NO3/c1-3-24-20(22)15-17(14-13-16-9-5-4-6-10-16)21-18-11-7-8-12-19(18)23-2/h4-14,17,21H,3,15H2,1-2H3/b14-13+/t17-/m0/s1. The van der Waals surface area contributed by atoms with Crippen LogP contribution in [0.3, 0.4) is 0 Å². The molecule has 0 aliphatic heterocycles. The number of para-hydroxylation sites is 2. The average molecular weight is 325 g/mol. The van der Waals surface area contributed by atoms with Crippen molar-refractivity contribution in [3.05, 3.63) is 66.2 Å². The first kappa shape index (κ1) is 17.6. The van der Waals surface area contributed by atoms with Gasteiger partial charge in [-0.3, -0.25) is 4.79 Å². The predicted molar refractivity (Wildman–Crippen MR) is 97.1 cm³/mol. The van der Waals surface area contributed by atoms with Crippen LogP contribution < -0.4 is 10.1 Å². The van der Waals surface area contributed by atoms with E-state index < -0.39 is 0 Å².